The minimum atomic E-state index is -4.11. The van der Waals surface area contributed by atoms with Crippen LogP contribution in [-0.2, 0) is 32.5 Å². The average Bonchev–Trinajstić information content (AvgIpc) is 3.03. The van der Waals surface area contributed by atoms with E-state index in [4.69, 9.17) is 4.74 Å². The Hall–Kier alpha value is -3.99. The highest BCUT2D eigenvalue weighted by Crippen LogP contribution is 2.24. The lowest BCUT2D eigenvalue weighted by Crippen LogP contribution is -2.54. The smallest absolute Gasteiger partial charge is 0.242 e. The molecule has 2 atom stereocenters. The predicted octanol–water partition coefficient (Wildman–Crippen LogP) is 5.19. The van der Waals surface area contributed by atoms with Crippen LogP contribution in [0.25, 0.3) is 11.1 Å². The number of rotatable bonds is 13. The molecule has 0 bridgehead atoms. The van der Waals surface area contributed by atoms with Crippen LogP contribution >= 0.6 is 15.9 Å². The Morgan fingerprint density at radius 1 is 0.773 bits per heavy atom. The normalized spacial score (nSPS) is 12.6. The number of sulfonamides is 1. The van der Waals surface area contributed by atoms with Crippen LogP contribution in [0.15, 0.2) is 106 Å². The first-order valence-electron chi connectivity index (χ1n) is 14.3. The standard InChI is InChI=1S/C34H36BrN3O5S/c1-4-43-28-19-15-25(16-20-28)21-30(33(39)36-3)37-34(40)31(38-44(41,42)32-12-8-11-29(35)23(32)2)22-24-13-17-27(18-14-24)26-9-6-5-7-10-26/h5-20,30-31,38H,4,21-22H2,1-3H3,(H,36,39)(H,37,40)/t30-,31-/m1/s1. The first-order chi connectivity index (χ1) is 21.1. The molecule has 0 aromatic heterocycles. The van der Waals surface area contributed by atoms with Gasteiger partial charge < -0.3 is 15.4 Å². The van der Waals surface area contributed by atoms with Crippen LogP contribution in [0.3, 0.4) is 0 Å². The highest BCUT2D eigenvalue weighted by atomic mass is 79.9. The summed E-state index contributed by atoms with van der Waals surface area (Å²) in [6.07, 6.45) is 0.268. The van der Waals surface area contributed by atoms with Gasteiger partial charge in [0.05, 0.1) is 11.5 Å². The summed E-state index contributed by atoms with van der Waals surface area (Å²) in [5.74, 6) is -0.316. The number of carbonyl (C=O) groups is 2. The third kappa shape index (κ3) is 8.56. The Balaban J connectivity index is 1.61. The van der Waals surface area contributed by atoms with Crippen LogP contribution in [0.4, 0.5) is 0 Å². The van der Waals surface area contributed by atoms with Gasteiger partial charge in [0.2, 0.25) is 21.8 Å². The highest BCUT2D eigenvalue weighted by molar-refractivity contribution is 9.10. The third-order valence-electron chi connectivity index (χ3n) is 7.18. The lowest BCUT2D eigenvalue weighted by Gasteiger charge is -2.23. The zero-order valence-electron chi connectivity index (χ0n) is 24.8. The van der Waals surface area contributed by atoms with Crippen molar-refractivity contribution in [2.75, 3.05) is 13.7 Å². The number of halogens is 1. The molecule has 230 valence electrons. The molecule has 0 unspecified atom stereocenters. The van der Waals surface area contributed by atoms with Gasteiger partial charge >= 0.3 is 0 Å². The number of amides is 2. The molecular weight excluding hydrogens is 642 g/mol. The molecule has 0 fully saturated rings. The van der Waals surface area contributed by atoms with Gasteiger partial charge in [0.1, 0.15) is 17.8 Å². The summed E-state index contributed by atoms with van der Waals surface area (Å²) in [5, 5.41) is 5.39. The molecule has 10 heteroatoms. The van der Waals surface area contributed by atoms with E-state index in [1.165, 1.54) is 13.1 Å². The van der Waals surface area contributed by atoms with E-state index in [0.29, 0.717) is 22.4 Å². The van der Waals surface area contributed by atoms with Gasteiger partial charge in [0.25, 0.3) is 0 Å². The van der Waals surface area contributed by atoms with Gasteiger partial charge in [-0.25, -0.2) is 8.42 Å². The van der Waals surface area contributed by atoms with Crippen LogP contribution in [0.2, 0.25) is 0 Å². The molecule has 0 radical (unpaired) electrons. The first kappa shape index (κ1) is 32.9. The number of likely N-dealkylation sites (N-methyl/N-ethyl adjacent to an activating group) is 1. The van der Waals surface area contributed by atoms with E-state index in [2.05, 4.69) is 31.3 Å². The van der Waals surface area contributed by atoms with E-state index in [9.17, 15) is 18.0 Å². The zero-order valence-corrected chi connectivity index (χ0v) is 27.2. The van der Waals surface area contributed by atoms with Crippen molar-refractivity contribution in [3.05, 3.63) is 118 Å². The van der Waals surface area contributed by atoms with Gasteiger partial charge in [-0.2, -0.15) is 4.72 Å². The largest absolute Gasteiger partial charge is 0.494 e. The fraction of sp³-hybridized carbons (Fsp3) is 0.235. The second-order valence-electron chi connectivity index (χ2n) is 10.3. The molecule has 44 heavy (non-hydrogen) atoms. The van der Waals surface area contributed by atoms with Crippen molar-refractivity contribution in [3.8, 4) is 16.9 Å². The average molecular weight is 679 g/mol. The van der Waals surface area contributed by atoms with Gasteiger partial charge in [0.15, 0.2) is 0 Å². The molecule has 2 amide bonds. The van der Waals surface area contributed by atoms with E-state index >= 15 is 0 Å². The monoisotopic (exact) mass is 677 g/mol. The lowest BCUT2D eigenvalue weighted by atomic mass is 10.00. The second kappa shape index (κ2) is 15.1. The fourth-order valence-electron chi connectivity index (χ4n) is 4.80. The van der Waals surface area contributed by atoms with Crippen molar-refractivity contribution in [1.29, 1.82) is 0 Å². The Bertz CT molecular complexity index is 1680. The van der Waals surface area contributed by atoms with Gasteiger partial charge in [-0.15, -0.1) is 0 Å². The molecule has 0 aliphatic heterocycles. The minimum Gasteiger partial charge on any atom is -0.494 e. The van der Waals surface area contributed by atoms with Crippen molar-refractivity contribution in [2.45, 2.75) is 43.7 Å². The molecule has 4 aromatic carbocycles. The molecule has 8 nitrogen and oxygen atoms in total. The van der Waals surface area contributed by atoms with Gasteiger partial charge in [-0.3, -0.25) is 9.59 Å². The minimum absolute atomic E-state index is 0.0568. The molecule has 0 saturated carbocycles. The lowest BCUT2D eigenvalue weighted by molar-refractivity contribution is -0.129. The molecule has 0 saturated heterocycles. The fourth-order valence-corrected chi connectivity index (χ4v) is 6.76. The molecule has 0 aliphatic rings. The summed E-state index contributed by atoms with van der Waals surface area (Å²) in [5.41, 5.74) is 4.12. The Morgan fingerprint density at radius 3 is 1.98 bits per heavy atom. The van der Waals surface area contributed by atoms with E-state index in [1.807, 2.05) is 73.7 Å². The quantitative estimate of drug-likeness (QED) is 0.180. The van der Waals surface area contributed by atoms with Crippen LogP contribution in [0.1, 0.15) is 23.6 Å². The van der Waals surface area contributed by atoms with Crippen LogP contribution < -0.4 is 20.1 Å². The Kier molecular flexibility index (Phi) is 11.3. The molecule has 0 heterocycles. The molecule has 0 aliphatic carbocycles. The van der Waals surface area contributed by atoms with E-state index in [0.717, 1.165) is 22.3 Å². The number of nitrogens with one attached hydrogen (secondary N) is 3. The van der Waals surface area contributed by atoms with E-state index < -0.39 is 33.9 Å². The van der Waals surface area contributed by atoms with Gasteiger partial charge in [-0.1, -0.05) is 88.7 Å². The topological polar surface area (TPSA) is 114 Å². The zero-order chi connectivity index (χ0) is 31.7. The summed E-state index contributed by atoms with van der Waals surface area (Å²) in [6.45, 7) is 4.11. The maximum atomic E-state index is 13.8. The van der Waals surface area contributed by atoms with Crippen LogP contribution in [0.5, 0.6) is 5.75 Å². The predicted molar refractivity (Wildman–Crippen MR) is 176 cm³/mol. The number of benzene rings is 4. The second-order valence-corrected chi connectivity index (χ2v) is 12.8. The van der Waals surface area contributed by atoms with Crippen molar-refractivity contribution in [3.63, 3.8) is 0 Å². The summed E-state index contributed by atoms with van der Waals surface area (Å²) in [6, 6.07) is 27.5. The Labute approximate surface area is 267 Å². The van der Waals surface area contributed by atoms with Gasteiger partial charge in [0, 0.05) is 17.9 Å². The number of hydrogen-bond donors (Lipinski definition) is 3. The number of hydrogen-bond acceptors (Lipinski definition) is 5. The summed E-state index contributed by atoms with van der Waals surface area (Å²) < 4.78 is 35.9. The van der Waals surface area contributed by atoms with Crippen LogP contribution in [0, 0.1) is 6.92 Å². The Morgan fingerprint density at radius 2 is 1.36 bits per heavy atom. The van der Waals surface area contributed by atoms with Gasteiger partial charge in [-0.05, 0) is 72.4 Å². The summed E-state index contributed by atoms with van der Waals surface area (Å²) >= 11 is 3.39. The van der Waals surface area contributed by atoms with E-state index in [1.54, 1.807) is 31.2 Å². The van der Waals surface area contributed by atoms with Crippen molar-refractivity contribution in [1.82, 2.24) is 15.4 Å². The van der Waals surface area contributed by atoms with Crippen LogP contribution in [-0.4, -0.2) is 46.0 Å². The van der Waals surface area contributed by atoms with Crippen molar-refractivity contribution < 1.29 is 22.7 Å². The SMILES string of the molecule is CCOc1ccc(C[C@@H](NC(=O)[C@@H](Cc2ccc(-c3ccccc3)cc2)NS(=O)(=O)c2cccc(Br)c2C)C(=O)NC)cc1. The number of ether oxygens (including phenoxy) is 1. The molecule has 0 spiro atoms. The molecule has 4 aromatic rings. The maximum absolute atomic E-state index is 13.8. The molecule has 3 N–H and O–H groups in total. The highest BCUT2D eigenvalue weighted by Gasteiger charge is 2.30. The number of carbonyl (C=O) groups excluding carboxylic acids is 2. The van der Waals surface area contributed by atoms with Crippen molar-refractivity contribution in [2.24, 2.45) is 0 Å². The molecular formula is C34H36BrN3O5S. The first-order valence-corrected chi connectivity index (χ1v) is 16.5. The van der Waals surface area contributed by atoms with E-state index in [-0.39, 0.29) is 17.7 Å². The molecule has 4 rings (SSSR count). The maximum Gasteiger partial charge on any atom is 0.242 e. The summed E-state index contributed by atoms with van der Waals surface area (Å²) in [4.78, 5) is 26.7. The third-order valence-corrected chi connectivity index (χ3v) is 9.65. The van der Waals surface area contributed by atoms with Crippen molar-refractivity contribution >= 4 is 37.8 Å². The summed E-state index contributed by atoms with van der Waals surface area (Å²) in [7, 11) is -2.62.